The van der Waals surface area contributed by atoms with Crippen molar-refractivity contribution in [2.75, 3.05) is 11.9 Å². The number of hydrogen-bond acceptors (Lipinski definition) is 2. The van der Waals surface area contributed by atoms with Gasteiger partial charge in [-0.2, -0.15) is 0 Å². The molecule has 1 heterocycles. The van der Waals surface area contributed by atoms with Crippen LogP contribution in [0.2, 0.25) is 0 Å². The third kappa shape index (κ3) is 3.16. The minimum atomic E-state index is 0.0632. The van der Waals surface area contributed by atoms with Gasteiger partial charge in [0.1, 0.15) is 0 Å². The first kappa shape index (κ1) is 14.1. The summed E-state index contributed by atoms with van der Waals surface area (Å²) in [6, 6.07) is 6.33. The molecule has 0 saturated heterocycles. The molecule has 1 amide bonds. The van der Waals surface area contributed by atoms with Crippen LogP contribution >= 0.6 is 0 Å². The number of carbonyl (C=O) groups excluding carboxylic acids is 1. The average molecular weight is 260 g/mol. The average Bonchev–Trinajstić information content (AvgIpc) is 2.31. The number of rotatable bonds is 2. The Labute approximate surface area is 115 Å². The summed E-state index contributed by atoms with van der Waals surface area (Å²) < 4.78 is 0. The Morgan fingerprint density at radius 1 is 1.32 bits per heavy atom. The zero-order valence-corrected chi connectivity index (χ0v) is 12.4. The minimum absolute atomic E-state index is 0.0632. The molecule has 0 fully saturated rings. The monoisotopic (exact) mass is 260 g/mol. The summed E-state index contributed by atoms with van der Waals surface area (Å²) in [7, 11) is 1.84. The fourth-order valence-corrected chi connectivity index (χ4v) is 2.68. The minimum Gasteiger partial charge on any atom is -0.324 e. The molecule has 1 aromatic rings. The van der Waals surface area contributed by atoms with Gasteiger partial charge in [-0.3, -0.25) is 4.79 Å². The van der Waals surface area contributed by atoms with Crippen LogP contribution in [0.15, 0.2) is 18.2 Å². The second-order valence-corrected chi connectivity index (χ2v) is 6.71. The maximum atomic E-state index is 11.7. The lowest BCUT2D eigenvalue weighted by molar-refractivity contribution is -0.118. The number of aryl methyl sites for hydroxylation is 1. The van der Waals surface area contributed by atoms with Gasteiger partial charge in [-0.15, -0.1) is 0 Å². The zero-order valence-electron chi connectivity index (χ0n) is 12.4. The Bertz CT molecular complexity index is 488. The van der Waals surface area contributed by atoms with Gasteiger partial charge >= 0.3 is 0 Å². The maximum absolute atomic E-state index is 11.7. The van der Waals surface area contributed by atoms with Gasteiger partial charge in [0.15, 0.2) is 0 Å². The van der Waals surface area contributed by atoms with Gasteiger partial charge in [-0.1, -0.05) is 32.9 Å². The highest BCUT2D eigenvalue weighted by Crippen LogP contribution is 2.32. The van der Waals surface area contributed by atoms with E-state index in [-0.39, 0.29) is 17.4 Å². The van der Waals surface area contributed by atoms with Crippen LogP contribution in [0.1, 0.15) is 50.8 Å². The van der Waals surface area contributed by atoms with E-state index in [1.807, 2.05) is 13.1 Å². The number of carbonyl (C=O) groups is 1. The van der Waals surface area contributed by atoms with Crippen molar-refractivity contribution < 1.29 is 4.79 Å². The Balaban J connectivity index is 2.24. The van der Waals surface area contributed by atoms with Crippen molar-refractivity contribution in [3.63, 3.8) is 0 Å². The number of fused-ring (bicyclic) bond motifs is 1. The third-order valence-electron chi connectivity index (χ3n) is 3.71. The molecule has 0 aliphatic carbocycles. The number of nitrogens with zero attached hydrogens (tertiary/aromatic N) is 1. The van der Waals surface area contributed by atoms with Crippen LogP contribution in [-0.4, -0.2) is 13.0 Å². The Morgan fingerprint density at radius 3 is 2.63 bits per heavy atom. The molecule has 0 saturated carbocycles. The van der Waals surface area contributed by atoms with E-state index >= 15 is 0 Å². The standard InChI is InChI=1S/C16H24N2O/c1-16(2,3)10-13(17)11-5-7-14-12(9-11)6-8-15(19)18(14)4/h5,7,9,13H,6,8,10,17H2,1-4H3. The maximum Gasteiger partial charge on any atom is 0.227 e. The number of nitrogens with two attached hydrogens (primary N) is 1. The lowest BCUT2D eigenvalue weighted by atomic mass is 9.85. The van der Waals surface area contributed by atoms with Gasteiger partial charge in [0.2, 0.25) is 5.91 Å². The number of benzene rings is 1. The Kier molecular flexibility index (Phi) is 3.68. The van der Waals surface area contributed by atoms with Crippen LogP contribution in [0.3, 0.4) is 0 Å². The van der Waals surface area contributed by atoms with Gasteiger partial charge in [0, 0.05) is 25.2 Å². The van der Waals surface area contributed by atoms with E-state index in [0.29, 0.717) is 6.42 Å². The van der Waals surface area contributed by atoms with E-state index in [2.05, 4.69) is 32.9 Å². The first-order valence-electron chi connectivity index (χ1n) is 6.93. The lowest BCUT2D eigenvalue weighted by Gasteiger charge is -2.28. The first-order valence-corrected chi connectivity index (χ1v) is 6.93. The molecule has 0 radical (unpaired) electrons. The van der Waals surface area contributed by atoms with E-state index < -0.39 is 0 Å². The van der Waals surface area contributed by atoms with Crippen LogP contribution in [0, 0.1) is 5.41 Å². The smallest absolute Gasteiger partial charge is 0.227 e. The van der Waals surface area contributed by atoms with Crippen molar-refractivity contribution in [2.24, 2.45) is 11.1 Å². The molecule has 104 valence electrons. The van der Waals surface area contributed by atoms with Crippen LogP contribution in [0.4, 0.5) is 5.69 Å². The summed E-state index contributed by atoms with van der Waals surface area (Å²) in [4.78, 5) is 13.4. The van der Waals surface area contributed by atoms with Crippen molar-refractivity contribution in [1.29, 1.82) is 0 Å². The molecule has 0 bridgehead atoms. The predicted octanol–water partition coefficient (Wildman–Crippen LogP) is 3.03. The molecule has 3 heteroatoms. The lowest BCUT2D eigenvalue weighted by Crippen LogP contribution is -2.31. The molecular formula is C16H24N2O. The summed E-state index contributed by atoms with van der Waals surface area (Å²) in [6.45, 7) is 6.62. The summed E-state index contributed by atoms with van der Waals surface area (Å²) >= 11 is 0. The normalized spacial score (nSPS) is 17.3. The van der Waals surface area contributed by atoms with Gasteiger partial charge < -0.3 is 10.6 Å². The van der Waals surface area contributed by atoms with Gasteiger partial charge in [0.25, 0.3) is 0 Å². The second-order valence-electron chi connectivity index (χ2n) is 6.71. The fourth-order valence-electron chi connectivity index (χ4n) is 2.68. The van der Waals surface area contributed by atoms with Gasteiger partial charge in [-0.05, 0) is 35.4 Å². The van der Waals surface area contributed by atoms with E-state index in [0.717, 1.165) is 18.5 Å². The predicted molar refractivity (Wildman–Crippen MR) is 79.2 cm³/mol. The summed E-state index contributed by atoms with van der Waals surface area (Å²) in [5.74, 6) is 0.194. The molecule has 0 spiro atoms. The van der Waals surface area contributed by atoms with Crippen molar-refractivity contribution in [1.82, 2.24) is 0 Å². The summed E-state index contributed by atoms with van der Waals surface area (Å²) in [5, 5.41) is 0. The van der Waals surface area contributed by atoms with E-state index in [4.69, 9.17) is 5.73 Å². The molecular weight excluding hydrogens is 236 g/mol. The van der Waals surface area contributed by atoms with Crippen LogP contribution in [0.5, 0.6) is 0 Å². The molecule has 19 heavy (non-hydrogen) atoms. The molecule has 1 aromatic carbocycles. The molecule has 0 aromatic heterocycles. The molecule has 1 atom stereocenters. The number of hydrogen-bond donors (Lipinski definition) is 1. The molecule has 2 rings (SSSR count). The highest BCUT2D eigenvalue weighted by Gasteiger charge is 2.23. The molecule has 1 unspecified atom stereocenters. The van der Waals surface area contributed by atoms with Crippen LogP contribution in [-0.2, 0) is 11.2 Å². The molecule has 1 aliphatic rings. The highest BCUT2D eigenvalue weighted by molar-refractivity contribution is 5.95. The zero-order chi connectivity index (χ0) is 14.2. The molecule has 2 N–H and O–H groups in total. The van der Waals surface area contributed by atoms with E-state index in [1.54, 1.807) is 4.90 Å². The quantitative estimate of drug-likeness (QED) is 0.888. The van der Waals surface area contributed by atoms with Crippen LogP contribution in [0.25, 0.3) is 0 Å². The van der Waals surface area contributed by atoms with E-state index in [1.165, 1.54) is 11.1 Å². The first-order chi connectivity index (χ1) is 8.78. The van der Waals surface area contributed by atoms with Gasteiger partial charge in [0.05, 0.1) is 0 Å². The summed E-state index contributed by atoms with van der Waals surface area (Å²) in [5.41, 5.74) is 9.97. The largest absolute Gasteiger partial charge is 0.324 e. The number of amides is 1. The van der Waals surface area contributed by atoms with Crippen molar-refractivity contribution in [3.8, 4) is 0 Å². The Morgan fingerprint density at radius 2 is 2.00 bits per heavy atom. The fraction of sp³-hybridized carbons (Fsp3) is 0.562. The molecule has 1 aliphatic heterocycles. The Hall–Kier alpha value is -1.35. The molecule has 3 nitrogen and oxygen atoms in total. The SMILES string of the molecule is CN1C(=O)CCc2cc(C(N)CC(C)(C)C)ccc21. The van der Waals surface area contributed by atoms with Crippen molar-refractivity contribution in [2.45, 2.75) is 46.1 Å². The van der Waals surface area contributed by atoms with Crippen molar-refractivity contribution in [3.05, 3.63) is 29.3 Å². The van der Waals surface area contributed by atoms with Gasteiger partial charge in [-0.25, -0.2) is 0 Å². The highest BCUT2D eigenvalue weighted by atomic mass is 16.2. The second kappa shape index (κ2) is 4.97. The number of anilines is 1. The third-order valence-corrected chi connectivity index (χ3v) is 3.71. The summed E-state index contributed by atoms with van der Waals surface area (Å²) in [6.07, 6.45) is 2.39. The van der Waals surface area contributed by atoms with E-state index in [9.17, 15) is 4.79 Å². The van der Waals surface area contributed by atoms with Crippen LogP contribution < -0.4 is 10.6 Å². The topological polar surface area (TPSA) is 46.3 Å². The van der Waals surface area contributed by atoms with Crippen molar-refractivity contribution >= 4 is 11.6 Å².